The molecule has 0 saturated carbocycles. The minimum Gasteiger partial charge on any atom is -0.496 e. The smallest absolute Gasteiger partial charge is 0.445 e. The molecule has 26 heavy (non-hydrogen) atoms. The van der Waals surface area contributed by atoms with E-state index in [1.165, 1.54) is 0 Å². The minimum absolute atomic E-state index is 0.129. The Labute approximate surface area is 152 Å². The Bertz CT molecular complexity index is 801. The fourth-order valence-electron chi connectivity index (χ4n) is 2.69. The fraction of sp³-hybridized carbons (Fsp3) is 0.438. The summed E-state index contributed by atoms with van der Waals surface area (Å²) >= 11 is 0.518. The second-order valence-corrected chi connectivity index (χ2v) is 6.81. The second-order valence-electron chi connectivity index (χ2n) is 5.85. The van der Waals surface area contributed by atoms with Gasteiger partial charge in [-0.1, -0.05) is 17.4 Å². The number of methoxy groups -OCH3 is 1. The van der Waals surface area contributed by atoms with Gasteiger partial charge in [-0.25, -0.2) is 0 Å². The number of anilines is 1. The van der Waals surface area contributed by atoms with Gasteiger partial charge in [0.2, 0.25) is 10.1 Å². The summed E-state index contributed by atoms with van der Waals surface area (Å²) in [6.07, 6.45) is -4.49. The highest BCUT2D eigenvalue weighted by molar-refractivity contribution is 7.15. The van der Waals surface area contributed by atoms with E-state index >= 15 is 0 Å². The lowest BCUT2D eigenvalue weighted by Gasteiger charge is -2.34. The molecule has 0 aliphatic carbocycles. The number of aromatic nitrogens is 2. The third kappa shape index (κ3) is 3.74. The number of carbonyl (C=O) groups excluding carboxylic acids is 1. The summed E-state index contributed by atoms with van der Waals surface area (Å²) in [5.74, 6) is 0.513. The van der Waals surface area contributed by atoms with E-state index in [9.17, 15) is 18.0 Å². The Morgan fingerprint density at radius 2 is 1.88 bits per heavy atom. The van der Waals surface area contributed by atoms with Crippen molar-refractivity contribution in [1.82, 2.24) is 15.1 Å². The molecule has 1 amide bonds. The molecule has 1 aliphatic rings. The van der Waals surface area contributed by atoms with Gasteiger partial charge in [0.25, 0.3) is 5.91 Å². The van der Waals surface area contributed by atoms with Crippen LogP contribution in [0.4, 0.5) is 18.3 Å². The van der Waals surface area contributed by atoms with Gasteiger partial charge in [0.05, 0.1) is 7.11 Å². The Balaban J connectivity index is 1.65. The van der Waals surface area contributed by atoms with E-state index in [2.05, 4.69) is 10.2 Å². The van der Waals surface area contributed by atoms with E-state index < -0.39 is 11.2 Å². The summed E-state index contributed by atoms with van der Waals surface area (Å²) in [4.78, 5) is 16.0. The van der Waals surface area contributed by atoms with Crippen LogP contribution in [0.1, 0.15) is 20.9 Å². The molecule has 140 valence electrons. The van der Waals surface area contributed by atoms with Crippen LogP contribution < -0.4 is 9.64 Å². The van der Waals surface area contributed by atoms with Gasteiger partial charge in [0.15, 0.2) is 0 Å². The van der Waals surface area contributed by atoms with Crippen LogP contribution in [-0.2, 0) is 6.18 Å². The molecule has 0 N–H and O–H groups in total. The lowest BCUT2D eigenvalue weighted by molar-refractivity contribution is -0.138. The predicted octanol–water partition coefficient (Wildman–Crippen LogP) is 2.84. The van der Waals surface area contributed by atoms with Crippen molar-refractivity contribution in [3.8, 4) is 5.75 Å². The lowest BCUT2D eigenvalue weighted by Crippen LogP contribution is -2.48. The van der Waals surface area contributed by atoms with Crippen LogP contribution in [0.15, 0.2) is 18.2 Å². The average Bonchev–Trinajstić information content (AvgIpc) is 3.12. The molecule has 0 radical (unpaired) electrons. The number of alkyl halides is 3. The van der Waals surface area contributed by atoms with Gasteiger partial charge in [-0.3, -0.25) is 4.79 Å². The summed E-state index contributed by atoms with van der Waals surface area (Å²) in [5.41, 5.74) is 1.46. The highest BCUT2D eigenvalue weighted by atomic mass is 32.1. The molecule has 0 bridgehead atoms. The van der Waals surface area contributed by atoms with Gasteiger partial charge in [-0.05, 0) is 24.6 Å². The standard InChI is InChI=1S/C16H17F3N4O2S/c1-10-3-4-11(9-12(10)25-2)13(24)22-5-7-23(8-6-22)15-21-20-14(26-15)16(17,18)19/h3-4,9H,5-8H2,1-2H3. The zero-order chi connectivity index (χ0) is 18.9. The van der Waals surface area contributed by atoms with Gasteiger partial charge in [0, 0.05) is 31.7 Å². The number of benzene rings is 1. The van der Waals surface area contributed by atoms with Crippen molar-refractivity contribution >= 4 is 22.4 Å². The molecule has 1 aromatic heterocycles. The van der Waals surface area contributed by atoms with Crippen LogP contribution in [0, 0.1) is 6.92 Å². The minimum atomic E-state index is -4.49. The number of carbonyl (C=O) groups is 1. The molecule has 6 nitrogen and oxygen atoms in total. The number of halogens is 3. The lowest BCUT2D eigenvalue weighted by atomic mass is 10.1. The van der Waals surface area contributed by atoms with Crippen molar-refractivity contribution in [3.63, 3.8) is 0 Å². The number of rotatable bonds is 3. The number of ether oxygens (including phenoxy) is 1. The van der Waals surface area contributed by atoms with E-state index in [0.717, 1.165) is 5.56 Å². The van der Waals surface area contributed by atoms with E-state index in [0.29, 0.717) is 48.8 Å². The van der Waals surface area contributed by atoms with E-state index in [-0.39, 0.29) is 11.0 Å². The second kappa shape index (κ2) is 7.10. The number of hydrogen-bond acceptors (Lipinski definition) is 6. The SMILES string of the molecule is COc1cc(C(=O)N2CCN(c3nnc(C(F)(F)F)s3)CC2)ccc1C. The summed E-state index contributed by atoms with van der Waals surface area (Å²) in [5, 5.41) is 6.08. The zero-order valence-corrected chi connectivity index (χ0v) is 15.0. The van der Waals surface area contributed by atoms with E-state index in [4.69, 9.17) is 4.74 Å². The maximum atomic E-state index is 12.6. The monoisotopic (exact) mass is 386 g/mol. The van der Waals surface area contributed by atoms with Crippen molar-refractivity contribution in [2.24, 2.45) is 0 Å². The fourth-order valence-corrected chi connectivity index (χ4v) is 3.46. The third-order valence-corrected chi connectivity index (χ3v) is 5.18. The van der Waals surface area contributed by atoms with E-state index in [1.807, 2.05) is 13.0 Å². The van der Waals surface area contributed by atoms with Crippen LogP contribution >= 0.6 is 11.3 Å². The molecule has 1 fully saturated rings. The summed E-state index contributed by atoms with van der Waals surface area (Å²) < 4.78 is 43.2. The maximum Gasteiger partial charge on any atom is 0.445 e. The van der Waals surface area contributed by atoms with Crippen LogP contribution in [0.2, 0.25) is 0 Å². The Morgan fingerprint density at radius 3 is 2.46 bits per heavy atom. The van der Waals surface area contributed by atoms with Crippen molar-refractivity contribution in [2.75, 3.05) is 38.2 Å². The maximum absolute atomic E-state index is 12.6. The highest BCUT2D eigenvalue weighted by Crippen LogP contribution is 2.34. The molecule has 10 heteroatoms. The number of hydrogen-bond donors (Lipinski definition) is 0. The third-order valence-electron chi connectivity index (χ3n) is 4.15. The number of nitrogens with zero attached hydrogens (tertiary/aromatic N) is 4. The van der Waals surface area contributed by atoms with Gasteiger partial charge in [-0.2, -0.15) is 13.2 Å². The summed E-state index contributed by atoms with van der Waals surface area (Å²) in [7, 11) is 1.55. The van der Waals surface area contributed by atoms with Crippen LogP contribution in [0.3, 0.4) is 0 Å². The molecule has 0 unspecified atom stereocenters. The molecule has 0 atom stereocenters. The van der Waals surface area contributed by atoms with Crippen molar-refractivity contribution in [3.05, 3.63) is 34.3 Å². The molecule has 2 heterocycles. The topological polar surface area (TPSA) is 58.6 Å². The van der Waals surface area contributed by atoms with Gasteiger partial charge in [0.1, 0.15) is 5.75 Å². The largest absolute Gasteiger partial charge is 0.496 e. The van der Waals surface area contributed by atoms with E-state index in [1.54, 1.807) is 29.0 Å². The molecule has 2 aromatic rings. The molecular formula is C16H17F3N4O2S. The Hall–Kier alpha value is -2.36. The first-order chi connectivity index (χ1) is 12.3. The first kappa shape index (κ1) is 18.4. The first-order valence-electron chi connectivity index (χ1n) is 7.89. The summed E-state index contributed by atoms with van der Waals surface area (Å²) in [6.45, 7) is 3.50. The molecule has 3 rings (SSSR count). The molecule has 1 saturated heterocycles. The van der Waals surface area contributed by atoms with Crippen molar-refractivity contribution < 1.29 is 22.7 Å². The van der Waals surface area contributed by atoms with Gasteiger partial charge < -0.3 is 14.5 Å². The zero-order valence-electron chi connectivity index (χ0n) is 14.2. The molecular weight excluding hydrogens is 369 g/mol. The average molecular weight is 386 g/mol. The highest BCUT2D eigenvalue weighted by Gasteiger charge is 2.36. The number of amides is 1. The molecule has 1 aromatic carbocycles. The Morgan fingerprint density at radius 1 is 1.19 bits per heavy atom. The van der Waals surface area contributed by atoms with Crippen LogP contribution in [0.25, 0.3) is 0 Å². The summed E-state index contributed by atoms with van der Waals surface area (Å²) in [6, 6.07) is 5.26. The quantitative estimate of drug-likeness (QED) is 0.812. The van der Waals surface area contributed by atoms with Crippen molar-refractivity contribution in [2.45, 2.75) is 13.1 Å². The molecule has 1 aliphatic heterocycles. The predicted molar refractivity (Wildman–Crippen MR) is 90.8 cm³/mol. The van der Waals surface area contributed by atoms with Gasteiger partial charge in [-0.15, -0.1) is 10.2 Å². The van der Waals surface area contributed by atoms with Gasteiger partial charge >= 0.3 is 6.18 Å². The number of piperazine rings is 1. The molecule has 0 spiro atoms. The first-order valence-corrected chi connectivity index (χ1v) is 8.71. The van der Waals surface area contributed by atoms with Crippen LogP contribution in [-0.4, -0.2) is 54.3 Å². The normalized spacial score (nSPS) is 15.3. The van der Waals surface area contributed by atoms with Crippen molar-refractivity contribution in [1.29, 1.82) is 0 Å². The Kier molecular flexibility index (Phi) is 5.03. The van der Waals surface area contributed by atoms with Crippen LogP contribution in [0.5, 0.6) is 5.75 Å². The number of aryl methyl sites for hydroxylation is 1.